The van der Waals surface area contributed by atoms with E-state index in [0.29, 0.717) is 23.2 Å². The molecular weight excluding hydrogens is 266 g/mol. The molecule has 0 radical (unpaired) electrons. The van der Waals surface area contributed by atoms with E-state index in [0.717, 1.165) is 0 Å². The molecule has 0 saturated heterocycles. The third-order valence-electron chi connectivity index (χ3n) is 2.88. The fourth-order valence-corrected chi connectivity index (χ4v) is 1.80. The van der Waals surface area contributed by atoms with Crippen LogP contribution < -0.4 is 10.1 Å². The van der Waals surface area contributed by atoms with E-state index in [1.54, 1.807) is 12.1 Å². The van der Waals surface area contributed by atoms with Crippen LogP contribution in [-0.2, 0) is 0 Å². The number of halogens is 1. The van der Waals surface area contributed by atoms with Crippen molar-refractivity contribution in [2.75, 3.05) is 19.8 Å². The highest BCUT2D eigenvalue weighted by molar-refractivity contribution is 6.32. The topological polar surface area (TPSA) is 61.7 Å². The second-order valence-corrected chi connectivity index (χ2v) is 5.24. The Hall–Kier alpha value is -0.810. The molecule has 0 aliphatic carbocycles. The van der Waals surface area contributed by atoms with Crippen LogP contribution in [0.15, 0.2) is 24.3 Å². The van der Waals surface area contributed by atoms with E-state index in [2.05, 4.69) is 5.32 Å². The Morgan fingerprint density at radius 2 is 2.00 bits per heavy atom. The van der Waals surface area contributed by atoms with Crippen LogP contribution >= 0.6 is 11.6 Å². The van der Waals surface area contributed by atoms with Gasteiger partial charge in [0.2, 0.25) is 0 Å². The standard InChI is InChI=1S/C14H22ClNO3/c1-10(2)13(8-17)16-7-11(18)9-19-14-6-4-3-5-12(14)15/h3-6,10-11,13,16-18H,7-9H2,1-2H3. The van der Waals surface area contributed by atoms with Crippen molar-refractivity contribution in [1.29, 1.82) is 0 Å². The van der Waals surface area contributed by atoms with Gasteiger partial charge in [0, 0.05) is 12.6 Å². The normalized spacial score (nSPS) is 14.4. The van der Waals surface area contributed by atoms with Crippen molar-refractivity contribution in [2.24, 2.45) is 5.92 Å². The number of benzene rings is 1. The predicted molar refractivity (Wildman–Crippen MR) is 76.7 cm³/mol. The Labute approximate surface area is 119 Å². The molecule has 0 saturated carbocycles. The van der Waals surface area contributed by atoms with Crippen LogP contribution in [0.1, 0.15) is 13.8 Å². The first kappa shape index (κ1) is 16.2. The number of aliphatic hydroxyl groups is 2. The highest BCUT2D eigenvalue weighted by Gasteiger charge is 2.14. The highest BCUT2D eigenvalue weighted by atomic mass is 35.5. The van der Waals surface area contributed by atoms with Crippen LogP contribution in [-0.4, -0.2) is 42.1 Å². The Morgan fingerprint density at radius 3 is 2.58 bits per heavy atom. The molecular formula is C14H22ClNO3. The Kier molecular flexibility index (Phi) is 7.16. The molecule has 1 aromatic rings. The molecule has 19 heavy (non-hydrogen) atoms. The van der Waals surface area contributed by atoms with Gasteiger partial charge in [-0.3, -0.25) is 0 Å². The molecule has 1 rings (SSSR count). The minimum atomic E-state index is -0.649. The monoisotopic (exact) mass is 287 g/mol. The van der Waals surface area contributed by atoms with Crippen LogP contribution in [0.2, 0.25) is 5.02 Å². The van der Waals surface area contributed by atoms with Gasteiger partial charge in [-0.05, 0) is 18.1 Å². The number of hydrogen-bond donors (Lipinski definition) is 3. The fraction of sp³-hybridized carbons (Fsp3) is 0.571. The van der Waals surface area contributed by atoms with Crippen molar-refractivity contribution in [2.45, 2.75) is 26.0 Å². The number of para-hydroxylation sites is 1. The lowest BCUT2D eigenvalue weighted by Crippen LogP contribution is -2.42. The largest absolute Gasteiger partial charge is 0.489 e. The van der Waals surface area contributed by atoms with Crippen molar-refractivity contribution in [3.05, 3.63) is 29.3 Å². The summed E-state index contributed by atoms with van der Waals surface area (Å²) < 4.78 is 5.44. The van der Waals surface area contributed by atoms with E-state index in [1.807, 2.05) is 26.0 Å². The van der Waals surface area contributed by atoms with Crippen LogP contribution in [0, 0.1) is 5.92 Å². The Morgan fingerprint density at radius 1 is 1.32 bits per heavy atom. The highest BCUT2D eigenvalue weighted by Crippen LogP contribution is 2.23. The molecule has 0 spiro atoms. The lowest BCUT2D eigenvalue weighted by Gasteiger charge is -2.22. The van der Waals surface area contributed by atoms with Crippen LogP contribution in [0.5, 0.6) is 5.75 Å². The van der Waals surface area contributed by atoms with E-state index in [1.165, 1.54) is 0 Å². The maximum absolute atomic E-state index is 9.82. The average Bonchev–Trinajstić information content (AvgIpc) is 2.38. The van der Waals surface area contributed by atoms with E-state index in [4.69, 9.17) is 21.4 Å². The van der Waals surface area contributed by atoms with Gasteiger partial charge >= 0.3 is 0 Å². The molecule has 0 bridgehead atoms. The predicted octanol–water partition coefficient (Wildman–Crippen LogP) is 1.69. The molecule has 0 aliphatic rings. The molecule has 108 valence electrons. The zero-order valence-corrected chi connectivity index (χ0v) is 12.1. The SMILES string of the molecule is CC(C)C(CO)NCC(O)COc1ccccc1Cl. The quantitative estimate of drug-likeness (QED) is 0.681. The summed E-state index contributed by atoms with van der Waals surface area (Å²) in [5.41, 5.74) is 0. The molecule has 0 aromatic heterocycles. The molecule has 3 N–H and O–H groups in total. The fourth-order valence-electron chi connectivity index (χ4n) is 1.61. The summed E-state index contributed by atoms with van der Waals surface area (Å²) in [6.07, 6.45) is -0.649. The van der Waals surface area contributed by atoms with Gasteiger partial charge in [0.25, 0.3) is 0 Å². The Bertz CT molecular complexity index is 373. The number of ether oxygens (including phenoxy) is 1. The van der Waals surface area contributed by atoms with E-state index < -0.39 is 6.10 Å². The molecule has 2 atom stereocenters. The van der Waals surface area contributed by atoms with Gasteiger partial charge in [-0.1, -0.05) is 37.6 Å². The number of rotatable bonds is 8. The lowest BCUT2D eigenvalue weighted by atomic mass is 10.1. The summed E-state index contributed by atoms with van der Waals surface area (Å²) >= 11 is 5.94. The lowest BCUT2D eigenvalue weighted by molar-refractivity contribution is 0.0962. The molecule has 2 unspecified atom stereocenters. The molecule has 4 nitrogen and oxygen atoms in total. The van der Waals surface area contributed by atoms with Gasteiger partial charge < -0.3 is 20.3 Å². The average molecular weight is 288 g/mol. The van der Waals surface area contributed by atoms with Crippen molar-refractivity contribution in [3.63, 3.8) is 0 Å². The van der Waals surface area contributed by atoms with Crippen LogP contribution in [0.25, 0.3) is 0 Å². The zero-order chi connectivity index (χ0) is 14.3. The summed E-state index contributed by atoms with van der Waals surface area (Å²) in [5, 5.41) is 22.6. The van der Waals surface area contributed by atoms with Gasteiger partial charge in [0.05, 0.1) is 11.6 Å². The summed E-state index contributed by atoms with van der Waals surface area (Å²) in [5.74, 6) is 0.868. The second kappa shape index (κ2) is 8.38. The van der Waals surface area contributed by atoms with Gasteiger partial charge in [0.15, 0.2) is 0 Å². The van der Waals surface area contributed by atoms with E-state index in [9.17, 15) is 5.11 Å². The summed E-state index contributed by atoms with van der Waals surface area (Å²) in [4.78, 5) is 0. The van der Waals surface area contributed by atoms with Gasteiger partial charge in [-0.15, -0.1) is 0 Å². The zero-order valence-electron chi connectivity index (χ0n) is 11.3. The van der Waals surface area contributed by atoms with Crippen LogP contribution in [0.3, 0.4) is 0 Å². The smallest absolute Gasteiger partial charge is 0.138 e. The van der Waals surface area contributed by atoms with Gasteiger partial charge in [0.1, 0.15) is 18.5 Å². The number of nitrogens with one attached hydrogen (secondary N) is 1. The first-order valence-electron chi connectivity index (χ1n) is 6.44. The maximum Gasteiger partial charge on any atom is 0.138 e. The molecule has 5 heteroatoms. The molecule has 0 fully saturated rings. The summed E-state index contributed by atoms with van der Waals surface area (Å²) in [6, 6.07) is 7.12. The summed E-state index contributed by atoms with van der Waals surface area (Å²) in [6.45, 7) is 4.61. The maximum atomic E-state index is 9.82. The van der Waals surface area contributed by atoms with Crippen molar-refractivity contribution >= 4 is 11.6 Å². The molecule has 1 aromatic carbocycles. The second-order valence-electron chi connectivity index (χ2n) is 4.84. The van der Waals surface area contributed by atoms with Gasteiger partial charge in [-0.2, -0.15) is 0 Å². The Balaban J connectivity index is 2.32. The third-order valence-corrected chi connectivity index (χ3v) is 3.20. The van der Waals surface area contributed by atoms with E-state index in [-0.39, 0.29) is 19.3 Å². The van der Waals surface area contributed by atoms with Crippen molar-refractivity contribution in [1.82, 2.24) is 5.32 Å². The number of hydrogen-bond acceptors (Lipinski definition) is 4. The minimum Gasteiger partial charge on any atom is -0.489 e. The third kappa shape index (κ3) is 5.78. The van der Waals surface area contributed by atoms with E-state index >= 15 is 0 Å². The molecule has 0 aliphatic heterocycles. The first-order chi connectivity index (χ1) is 9.04. The molecule has 0 heterocycles. The number of aliphatic hydroxyl groups excluding tert-OH is 2. The summed E-state index contributed by atoms with van der Waals surface area (Å²) in [7, 11) is 0. The first-order valence-corrected chi connectivity index (χ1v) is 6.82. The van der Waals surface area contributed by atoms with Gasteiger partial charge in [-0.25, -0.2) is 0 Å². The minimum absolute atomic E-state index is 0.0186. The van der Waals surface area contributed by atoms with Crippen molar-refractivity contribution < 1.29 is 14.9 Å². The van der Waals surface area contributed by atoms with Crippen LogP contribution in [0.4, 0.5) is 0 Å². The van der Waals surface area contributed by atoms with Crippen molar-refractivity contribution in [3.8, 4) is 5.75 Å². The molecule has 0 amide bonds.